The van der Waals surface area contributed by atoms with Crippen molar-refractivity contribution in [1.29, 1.82) is 0 Å². The van der Waals surface area contributed by atoms with Gasteiger partial charge in [-0.3, -0.25) is 0 Å². The summed E-state index contributed by atoms with van der Waals surface area (Å²) in [5.41, 5.74) is 23.3. The molecular formula is C32H45ClN7+. The Balaban J connectivity index is 0.00000370. The third kappa shape index (κ3) is 7.22. The molecule has 0 bridgehead atoms. The highest BCUT2D eigenvalue weighted by Crippen LogP contribution is 2.33. The molecule has 1 fully saturated rings. The third-order valence-electron chi connectivity index (χ3n) is 7.93. The van der Waals surface area contributed by atoms with Crippen LogP contribution < -0.4 is 27.1 Å². The number of nitrogens with two attached hydrogens (primary N) is 3. The second-order valence-electron chi connectivity index (χ2n) is 10.7. The maximum atomic E-state index is 6.29. The standard InChI is InChI=1S/C32H43N7.ClH/c33-13-4-16-37-19-21-38(22-20-37)17-5-14-36-15-6-18-39-31-24-27(35)10-12-29(31)28-11-9-26(34)23-30(28)32(39)25-7-2-1-3-8-25;/h1-3,7-12,23-24,35-36H,4-6,13-22,33-34H2;1H/p+1. The van der Waals surface area contributed by atoms with Crippen molar-refractivity contribution in [2.24, 2.45) is 5.73 Å². The molecule has 0 unspecified atom stereocenters. The van der Waals surface area contributed by atoms with E-state index in [4.69, 9.17) is 17.2 Å². The van der Waals surface area contributed by atoms with E-state index in [1.54, 1.807) is 0 Å². The number of halogens is 1. The zero-order chi connectivity index (χ0) is 27.0. The molecular weight excluding hydrogens is 518 g/mol. The molecule has 2 heterocycles. The predicted octanol–water partition coefficient (Wildman–Crippen LogP) is 3.87. The fraction of sp³-hybridized carbons (Fsp3) is 0.406. The number of fused-ring (bicyclic) bond motifs is 3. The predicted molar refractivity (Wildman–Crippen MR) is 172 cm³/mol. The highest BCUT2D eigenvalue weighted by Gasteiger charge is 2.23. The molecule has 0 spiro atoms. The van der Waals surface area contributed by atoms with Crippen LogP contribution in [0.3, 0.4) is 0 Å². The van der Waals surface area contributed by atoms with Crippen LogP contribution in [-0.4, -0.2) is 68.7 Å². The van der Waals surface area contributed by atoms with Crippen LogP contribution in [0.25, 0.3) is 32.9 Å². The molecule has 0 atom stereocenters. The van der Waals surface area contributed by atoms with Gasteiger partial charge in [-0.1, -0.05) is 24.3 Å². The van der Waals surface area contributed by atoms with Crippen molar-refractivity contribution in [2.45, 2.75) is 25.8 Å². The molecule has 5 rings (SSSR count). The lowest BCUT2D eigenvalue weighted by molar-refractivity contribution is -0.659. The first-order valence-corrected chi connectivity index (χ1v) is 14.5. The number of hydrogen-bond acceptors (Lipinski definition) is 6. The minimum Gasteiger partial charge on any atom is -0.399 e. The molecule has 7 nitrogen and oxygen atoms in total. The summed E-state index contributed by atoms with van der Waals surface area (Å²) >= 11 is 0. The van der Waals surface area contributed by atoms with Gasteiger partial charge in [-0.25, -0.2) is 0 Å². The van der Waals surface area contributed by atoms with Gasteiger partial charge in [0, 0.05) is 67.5 Å². The molecule has 0 aliphatic carbocycles. The lowest BCUT2D eigenvalue weighted by Gasteiger charge is -2.34. The van der Waals surface area contributed by atoms with Crippen LogP contribution in [0.15, 0.2) is 66.7 Å². The van der Waals surface area contributed by atoms with E-state index in [1.807, 2.05) is 12.1 Å². The first-order valence-electron chi connectivity index (χ1n) is 14.5. The number of pyridine rings is 1. The molecule has 8 heteroatoms. The molecule has 40 heavy (non-hydrogen) atoms. The van der Waals surface area contributed by atoms with Gasteiger partial charge in [-0.2, -0.15) is 4.57 Å². The van der Waals surface area contributed by atoms with Gasteiger partial charge >= 0.3 is 0 Å². The molecule has 1 aliphatic heterocycles. The summed E-state index contributed by atoms with van der Waals surface area (Å²) in [4.78, 5) is 5.14. The van der Waals surface area contributed by atoms with E-state index in [-0.39, 0.29) is 12.4 Å². The van der Waals surface area contributed by atoms with Crippen LogP contribution >= 0.6 is 12.4 Å². The van der Waals surface area contributed by atoms with Crippen LogP contribution in [-0.2, 0) is 6.54 Å². The van der Waals surface area contributed by atoms with E-state index in [2.05, 4.69) is 74.3 Å². The fourth-order valence-electron chi connectivity index (χ4n) is 5.86. The second-order valence-corrected chi connectivity index (χ2v) is 10.7. The van der Waals surface area contributed by atoms with Crippen LogP contribution in [0.5, 0.6) is 0 Å². The van der Waals surface area contributed by atoms with Crippen LogP contribution in [0.4, 0.5) is 11.4 Å². The maximum Gasteiger partial charge on any atom is 0.220 e. The topological polar surface area (TPSA) is 100 Å². The molecule has 1 saturated heterocycles. The van der Waals surface area contributed by atoms with Crippen molar-refractivity contribution in [3.8, 4) is 11.3 Å². The smallest absolute Gasteiger partial charge is 0.220 e. The highest BCUT2D eigenvalue weighted by atomic mass is 35.5. The number of nitrogens with one attached hydrogen (secondary N) is 1. The van der Waals surface area contributed by atoms with E-state index in [0.29, 0.717) is 0 Å². The van der Waals surface area contributed by atoms with E-state index >= 15 is 0 Å². The van der Waals surface area contributed by atoms with Crippen molar-refractivity contribution in [2.75, 3.05) is 70.4 Å². The summed E-state index contributed by atoms with van der Waals surface area (Å²) in [7, 11) is 0. The van der Waals surface area contributed by atoms with Gasteiger partial charge < -0.3 is 32.3 Å². The van der Waals surface area contributed by atoms with E-state index in [1.165, 1.54) is 66.6 Å². The van der Waals surface area contributed by atoms with Crippen molar-refractivity contribution < 1.29 is 4.57 Å². The summed E-state index contributed by atoms with van der Waals surface area (Å²) in [5, 5.41) is 7.27. The number of rotatable bonds is 12. The van der Waals surface area contributed by atoms with Gasteiger partial charge in [-0.05, 0) is 75.4 Å². The summed E-state index contributed by atoms with van der Waals surface area (Å²) < 4.78 is 2.44. The second kappa shape index (κ2) is 14.6. The minimum atomic E-state index is 0. The third-order valence-corrected chi connectivity index (χ3v) is 7.93. The molecule has 7 N–H and O–H groups in total. The van der Waals surface area contributed by atoms with Crippen molar-refractivity contribution in [1.82, 2.24) is 15.1 Å². The largest absolute Gasteiger partial charge is 0.399 e. The Bertz CT molecular complexity index is 1370. The van der Waals surface area contributed by atoms with Crippen molar-refractivity contribution >= 4 is 45.5 Å². The van der Waals surface area contributed by atoms with Gasteiger partial charge in [0.15, 0.2) is 6.54 Å². The SMILES string of the molecule is Cl.NCCCN1CCN(CCCNCCC[n+]2c(-c3ccccc3)c3cc(N)ccc3c3ccc(N)cc32)CC1. The normalized spacial score (nSPS) is 14.5. The van der Waals surface area contributed by atoms with E-state index in [9.17, 15) is 0 Å². The van der Waals surface area contributed by atoms with Gasteiger partial charge in [0.25, 0.3) is 0 Å². The number of hydrogen-bond donors (Lipinski definition) is 4. The van der Waals surface area contributed by atoms with E-state index < -0.39 is 0 Å². The Kier molecular flexibility index (Phi) is 11.0. The molecule has 1 aromatic heterocycles. The number of benzene rings is 3. The van der Waals surface area contributed by atoms with Gasteiger partial charge in [0.1, 0.15) is 0 Å². The van der Waals surface area contributed by atoms with Crippen LogP contribution in [0.1, 0.15) is 19.3 Å². The van der Waals surface area contributed by atoms with Gasteiger partial charge in [0.05, 0.1) is 10.8 Å². The summed E-state index contributed by atoms with van der Waals surface area (Å²) in [5.74, 6) is 0. The quantitative estimate of drug-likeness (QED) is 0.0905. The molecule has 0 saturated carbocycles. The Labute approximate surface area is 244 Å². The number of nitrogen functional groups attached to an aromatic ring is 2. The lowest BCUT2D eigenvalue weighted by atomic mass is 9.98. The zero-order valence-electron chi connectivity index (χ0n) is 23.5. The van der Waals surface area contributed by atoms with Gasteiger partial charge in [0.2, 0.25) is 11.2 Å². The summed E-state index contributed by atoms with van der Waals surface area (Å²) in [6.07, 6.45) is 3.31. The first kappa shape index (κ1) is 30.0. The average molecular weight is 563 g/mol. The minimum absolute atomic E-state index is 0. The zero-order valence-corrected chi connectivity index (χ0v) is 24.3. The molecule has 0 radical (unpaired) electrons. The first-order chi connectivity index (χ1) is 19.1. The maximum absolute atomic E-state index is 6.29. The Morgan fingerprint density at radius 1 is 0.700 bits per heavy atom. The molecule has 0 amide bonds. The number of aryl methyl sites for hydroxylation is 1. The Hall–Kier alpha value is -2.94. The fourth-order valence-corrected chi connectivity index (χ4v) is 5.86. The molecule has 1 aliphatic rings. The number of anilines is 2. The number of piperazine rings is 1. The lowest BCUT2D eigenvalue weighted by Crippen LogP contribution is -2.47. The van der Waals surface area contributed by atoms with Crippen LogP contribution in [0, 0.1) is 0 Å². The monoisotopic (exact) mass is 562 g/mol. The average Bonchev–Trinajstić information content (AvgIpc) is 2.96. The molecule has 3 aromatic carbocycles. The summed E-state index contributed by atoms with van der Waals surface area (Å²) in [6.45, 7) is 10.7. The Morgan fingerprint density at radius 3 is 2.02 bits per heavy atom. The van der Waals surface area contributed by atoms with Crippen LogP contribution in [0.2, 0.25) is 0 Å². The Morgan fingerprint density at radius 2 is 1.32 bits per heavy atom. The van der Waals surface area contributed by atoms with Gasteiger partial charge in [-0.15, -0.1) is 12.4 Å². The number of aromatic nitrogens is 1. The molecule has 4 aromatic rings. The molecule has 214 valence electrons. The van der Waals surface area contributed by atoms with Crippen molar-refractivity contribution in [3.05, 3.63) is 66.7 Å². The van der Waals surface area contributed by atoms with Crippen molar-refractivity contribution in [3.63, 3.8) is 0 Å². The number of nitrogens with zero attached hydrogens (tertiary/aromatic N) is 3. The summed E-state index contributed by atoms with van der Waals surface area (Å²) in [6, 6.07) is 23.1. The highest BCUT2D eigenvalue weighted by molar-refractivity contribution is 6.10. The van der Waals surface area contributed by atoms with E-state index in [0.717, 1.165) is 62.5 Å².